The summed E-state index contributed by atoms with van der Waals surface area (Å²) in [6.07, 6.45) is 0. The second-order valence-corrected chi connectivity index (χ2v) is 5.34. The van der Waals surface area contributed by atoms with E-state index >= 15 is 0 Å². The monoisotopic (exact) mass is 259 g/mol. The highest BCUT2D eigenvalue weighted by Crippen LogP contribution is 2.25. The average molecular weight is 259 g/mol. The van der Waals surface area contributed by atoms with Gasteiger partial charge in [0.05, 0.1) is 4.92 Å². The predicted molar refractivity (Wildman–Crippen MR) is 57.5 cm³/mol. The molecule has 0 aliphatic rings. The van der Waals surface area contributed by atoms with Crippen molar-refractivity contribution in [3.8, 4) is 0 Å². The lowest BCUT2D eigenvalue weighted by atomic mass is 10.2. The minimum Gasteiger partial charge on any atom is -0.480 e. The SMILES string of the molecule is Cc1ccc(S(=O)(=O)CC(=O)O)c([N+](=O)[O-])c1. The van der Waals surface area contributed by atoms with Gasteiger partial charge in [-0.15, -0.1) is 0 Å². The molecule has 1 N–H and O–H groups in total. The van der Waals surface area contributed by atoms with Crippen molar-refractivity contribution in [3.05, 3.63) is 33.9 Å². The van der Waals surface area contributed by atoms with Crippen molar-refractivity contribution < 1.29 is 23.2 Å². The summed E-state index contributed by atoms with van der Waals surface area (Å²) in [7, 11) is -4.19. The molecule has 0 aliphatic carbocycles. The van der Waals surface area contributed by atoms with Crippen LogP contribution in [0.5, 0.6) is 0 Å². The van der Waals surface area contributed by atoms with Gasteiger partial charge in [-0.05, 0) is 18.6 Å². The molecule has 0 amide bonds. The summed E-state index contributed by atoms with van der Waals surface area (Å²) in [5.41, 5.74) is -0.0859. The number of nitro groups is 1. The van der Waals surface area contributed by atoms with E-state index in [2.05, 4.69) is 0 Å². The first kappa shape index (κ1) is 13.1. The summed E-state index contributed by atoms with van der Waals surface area (Å²) in [5, 5.41) is 19.1. The van der Waals surface area contributed by atoms with Crippen molar-refractivity contribution in [1.82, 2.24) is 0 Å². The van der Waals surface area contributed by atoms with Crippen molar-refractivity contribution in [2.24, 2.45) is 0 Å². The Morgan fingerprint density at radius 2 is 2.06 bits per heavy atom. The number of aliphatic carboxylic acids is 1. The van der Waals surface area contributed by atoms with Gasteiger partial charge in [-0.1, -0.05) is 6.07 Å². The van der Waals surface area contributed by atoms with Crippen molar-refractivity contribution in [2.45, 2.75) is 11.8 Å². The Kier molecular flexibility index (Phi) is 3.47. The number of hydrogen-bond acceptors (Lipinski definition) is 5. The number of nitrogens with zero attached hydrogens (tertiary/aromatic N) is 1. The molecule has 1 aromatic carbocycles. The third kappa shape index (κ3) is 3.00. The fraction of sp³-hybridized carbons (Fsp3) is 0.222. The Balaban J connectivity index is 3.41. The first-order valence-corrected chi connectivity index (χ1v) is 6.09. The van der Waals surface area contributed by atoms with Gasteiger partial charge in [-0.3, -0.25) is 14.9 Å². The van der Waals surface area contributed by atoms with E-state index in [1.807, 2.05) is 0 Å². The van der Waals surface area contributed by atoms with Gasteiger partial charge in [-0.2, -0.15) is 0 Å². The molecule has 8 heteroatoms. The first-order valence-electron chi connectivity index (χ1n) is 4.43. The minimum atomic E-state index is -4.19. The van der Waals surface area contributed by atoms with Crippen LogP contribution in [-0.4, -0.2) is 30.2 Å². The van der Waals surface area contributed by atoms with Gasteiger partial charge in [-0.25, -0.2) is 8.42 Å². The van der Waals surface area contributed by atoms with Gasteiger partial charge in [0.15, 0.2) is 15.6 Å². The quantitative estimate of drug-likeness (QED) is 0.630. The maximum atomic E-state index is 11.6. The number of rotatable bonds is 4. The van der Waals surface area contributed by atoms with Crippen LogP contribution in [0.2, 0.25) is 0 Å². The summed E-state index contributed by atoms with van der Waals surface area (Å²) < 4.78 is 23.2. The van der Waals surface area contributed by atoms with Crippen LogP contribution in [0, 0.1) is 17.0 Å². The van der Waals surface area contributed by atoms with Crippen LogP contribution < -0.4 is 0 Å². The molecular weight excluding hydrogens is 250 g/mol. The summed E-state index contributed by atoms with van der Waals surface area (Å²) >= 11 is 0. The summed E-state index contributed by atoms with van der Waals surface area (Å²) in [4.78, 5) is 19.7. The number of nitro benzene ring substituents is 1. The molecule has 1 rings (SSSR count). The molecule has 1 aromatic rings. The molecule has 0 spiro atoms. The maximum absolute atomic E-state index is 11.6. The molecule has 0 radical (unpaired) electrons. The van der Waals surface area contributed by atoms with E-state index in [-0.39, 0.29) is 0 Å². The Morgan fingerprint density at radius 3 is 2.53 bits per heavy atom. The molecule has 0 unspecified atom stereocenters. The van der Waals surface area contributed by atoms with Crippen LogP contribution in [0.15, 0.2) is 23.1 Å². The molecule has 0 aliphatic heterocycles. The van der Waals surface area contributed by atoms with E-state index in [0.717, 1.165) is 12.1 Å². The number of hydrogen-bond donors (Lipinski definition) is 1. The van der Waals surface area contributed by atoms with Crippen LogP contribution in [0.1, 0.15) is 5.56 Å². The molecule has 17 heavy (non-hydrogen) atoms. The largest absolute Gasteiger partial charge is 0.480 e. The predicted octanol–water partition coefficient (Wildman–Crippen LogP) is 0.762. The second kappa shape index (κ2) is 4.50. The van der Waals surface area contributed by atoms with Crippen molar-refractivity contribution in [1.29, 1.82) is 0 Å². The normalized spacial score (nSPS) is 11.1. The van der Waals surface area contributed by atoms with E-state index in [1.165, 1.54) is 6.07 Å². The Hall–Kier alpha value is -1.96. The molecule has 0 saturated heterocycles. The number of carboxylic acid groups (broad SMARTS) is 1. The Labute approximate surface area is 96.8 Å². The van der Waals surface area contributed by atoms with Crippen LogP contribution in [0.3, 0.4) is 0 Å². The highest BCUT2D eigenvalue weighted by atomic mass is 32.2. The zero-order valence-electron chi connectivity index (χ0n) is 8.78. The number of benzene rings is 1. The first-order chi connectivity index (χ1) is 7.74. The van der Waals surface area contributed by atoms with Gasteiger partial charge in [0, 0.05) is 6.07 Å². The fourth-order valence-electron chi connectivity index (χ4n) is 1.27. The van der Waals surface area contributed by atoms with E-state index in [0.29, 0.717) is 5.56 Å². The van der Waals surface area contributed by atoms with E-state index in [9.17, 15) is 23.3 Å². The Bertz CT molecular complexity index is 577. The van der Waals surface area contributed by atoms with Crippen molar-refractivity contribution >= 4 is 21.5 Å². The van der Waals surface area contributed by atoms with Crippen LogP contribution in [0.25, 0.3) is 0 Å². The number of aryl methyl sites for hydroxylation is 1. The zero-order valence-corrected chi connectivity index (χ0v) is 9.60. The van der Waals surface area contributed by atoms with E-state index in [1.54, 1.807) is 6.92 Å². The van der Waals surface area contributed by atoms with Gasteiger partial charge in [0.1, 0.15) is 4.90 Å². The van der Waals surface area contributed by atoms with E-state index in [4.69, 9.17) is 5.11 Å². The average Bonchev–Trinajstić information content (AvgIpc) is 2.14. The molecule has 7 nitrogen and oxygen atoms in total. The molecular formula is C9H9NO6S. The van der Waals surface area contributed by atoms with Gasteiger partial charge in [0.2, 0.25) is 0 Å². The third-order valence-corrected chi connectivity index (χ3v) is 3.60. The summed E-state index contributed by atoms with van der Waals surface area (Å²) in [6, 6.07) is 3.52. The highest BCUT2D eigenvalue weighted by Gasteiger charge is 2.27. The van der Waals surface area contributed by atoms with E-state index < -0.39 is 37.1 Å². The van der Waals surface area contributed by atoms with Gasteiger partial charge < -0.3 is 5.11 Å². The van der Waals surface area contributed by atoms with Gasteiger partial charge >= 0.3 is 5.97 Å². The lowest BCUT2D eigenvalue weighted by Gasteiger charge is -2.03. The number of sulfone groups is 1. The number of carboxylic acids is 1. The Morgan fingerprint density at radius 1 is 1.47 bits per heavy atom. The van der Waals surface area contributed by atoms with Crippen LogP contribution in [0.4, 0.5) is 5.69 Å². The molecule has 0 heterocycles. The zero-order chi connectivity index (χ0) is 13.2. The molecule has 0 saturated carbocycles. The standard InChI is InChI=1S/C9H9NO6S/c1-6-2-3-8(7(4-6)10(13)14)17(15,16)5-9(11)12/h2-4H,5H2,1H3,(H,11,12). The van der Waals surface area contributed by atoms with Crippen molar-refractivity contribution in [3.63, 3.8) is 0 Å². The summed E-state index contributed by atoms with van der Waals surface area (Å²) in [6.45, 7) is 1.57. The lowest BCUT2D eigenvalue weighted by molar-refractivity contribution is -0.387. The molecule has 0 bridgehead atoms. The minimum absolute atomic E-state index is 0.519. The highest BCUT2D eigenvalue weighted by molar-refractivity contribution is 7.92. The summed E-state index contributed by atoms with van der Waals surface area (Å²) in [5.74, 6) is -2.73. The van der Waals surface area contributed by atoms with Crippen molar-refractivity contribution in [2.75, 3.05) is 5.75 Å². The third-order valence-electron chi connectivity index (χ3n) is 1.96. The van der Waals surface area contributed by atoms with Crippen LogP contribution in [-0.2, 0) is 14.6 Å². The molecule has 0 atom stereocenters. The smallest absolute Gasteiger partial charge is 0.319 e. The molecule has 92 valence electrons. The maximum Gasteiger partial charge on any atom is 0.319 e. The van der Waals surface area contributed by atoms with Gasteiger partial charge in [0.25, 0.3) is 5.69 Å². The number of carbonyl (C=O) groups is 1. The topological polar surface area (TPSA) is 115 Å². The fourth-order valence-corrected chi connectivity index (χ4v) is 2.48. The molecule has 0 fully saturated rings. The molecule has 0 aromatic heterocycles. The lowest BCUT2D eigenvalue weighted by Crippen LogP contribution is -2.16. The second-order valence-electron chi connectivity index (χ2n) is 3.38. The van der Waals surface area contributed by atoms with Crippen LogP contribution >= 0.6 is 0 Å².